The number of pyridine rings is 1. The zero-order valence-corrected chi connectivity index (χ0v) is 14.3. The van der Waals surface area contributed by atoms with E-state index in [9.17, 15) is 9.90 Å². The molecule has 2 rings (SSSR count). The van der Waals surface area contributed by atoms with Crippen LogP contribution in [-0.4, -0.2) is 15.9 Å². The molecule has 0 saturated carbocycles. The summed E-state index contributed by atoms with van der Waals surface area (Å²) in [6, 6.07) is 7.40. The van der Waals surface area contributed by atoms with Gasteiger partial charge in [0.15, 0.2) is 11.5 Å². The Kier molecular flexibility index (Phi) is 6.57. The number of phenols is 1. The van der Waals surface area contributed by atoms with Crippen LogP contribution in [-0.2, 0) is 0 Å². The van der Waals surface area contributed by atoms with E-state index < -0.39 is 0 Å². The van der Waals surface area contributed by atoms with Crippen molar-refractivity contribution in [1.82, 2.24) is 4.98 Å². The maximum absolute atomic E-state index is 12.3. The molecule has 0 saturated heterocycles. The van der Waals surface area contributed by atoms with E-state index >= 15 is 0 Å². The van der Waals surface area contributed by atoms with Gasteiger partial charge >= 0.3 is 0 Å². The molecule has 0 atom stereocenters. The molecule has 2 aromatic rings. The van der Waals surface area contributed by atoms with Crippen molar-refractivity contribution in [3.8, 4) is 5.75 Å². The number of aryl methyl sites for hydroxylation is 1. The Balaban J connectivity index is 1.92. The van der Waals surface area contributed by atoms with Gasteiger partial charge in [-0.05, 0) is 25.5 Å². The molecule has 3 heteroatoms. The van der Waals surface area contributed by atoms with Gasteiger partial charge in [0, 0.05) is 17.5 Å². The highest BCUT2D eigenvalue weighted by Gasteiger charge is 2.14. The first-order chi connectivity index (χ1) is 11.1. The molecule has 124 valence electrons. The van der Waals surface area contributed by atoms with E-state index in [1.807, 2.05) is 25.1 Å². The van der Waals surface area contributed by atoms with E-state index in [0.29, 0.717) is 17.5 Å². The number of Topliss-reactive ketones (excluding diaryl/α,β-unsaturated/α-hetero) is 1. The molecule has 1 N–H and O–H groups in total. The topological polar surface area (TPSA) is 50.2 Å². The molecule has 0 amide bonds. The normalized spacial score (nSPS) is 11.0. The van der Waals surface area contributed by atoms with Gasteiger partial charge in [-0.2, -0.15) is 0 Å². The van der Waals surface area contributed by atoms with Crippen molar-refractivity contribution < 1.29 is 9.90 Å². The van der Waals surface area contributed by atoms with E-state index in [0.717, 1.165) is 23.9 Å². The van der Waals surface area contributed by atoms with Crippen LogP contribution in [0.4, 0.5) is 0 Å². The Labute approximate surface area is 138 Å². The molecule has 0 aliphatic rings. The summed E-state index contributed by atoms with van der Waals surface area (Å²) in [6.45, 7) is 4.09. The number of hydrogen-bond acceptors (Lipinski definition) is 3. The number of unbranched alkanes of at least 4 members (excludes halogenated alkanes) is 6. The van der Waals surface area contributed by atoms with Crippen LogP contribution in [0.2, 0.25) is 0 Å². The lowest BCUT2D eigenvalue weighted by atomic mass is 10.0. The van der Waals surface area contributed by atoms with Crippen LogP contribution in [0.5, 0.6) is 5.75 Å². The van der Waals surface area contributed by atoms with Crippen LogP contribution in [0.15, 0.2) is 24.3 Å². The third-order valence-corrected chi connectivity index (χ3v) is 4.28. The maximum Gasteiger partial charge on any atom is 0.166 e. The molecule has 1 aromatic carbocycles. The largest absolute Gasteiger partial charge is 0.505 e. The van der Waals surface area contributed by atoms with Gasteiger partial charge in [-0.1, -0.05) is 57.6 Å². The lowest BCUT2D eigenvalue weighted by Crippen LogP contribution is -2.00. The van der Waals surface area contributed by atoms with Crippen molar-refractivity contribution in [1.29, 1.82) is 0 Å². The molecule has 0 aliphatic carbocycles. The zero-order chi connectivity index (χ0) is 16.7. The summed E-state index contributed by atoms with van der Waals surface area (Å²) in [5.41, 5.74) is 1.77. The number of benzene rings is 1. The summed E-state index contributed by atoms with van der Waals surface area (Å²) >= 11 is 0. The van der Waals surface area contributed by atoms with Crippen LogP contribution in [0, 0.1) is 6.92 Å². The predicted molar refractivity (Wildman–Crippen MR) is 95.1 cm³/mol. The molecule has 0 unspecified atom stereocenters. The second-order valence-electron chi connectivity index (χ2n) is 6.28. The SMILES string of the molecule is CCCCCCCCCC(=O)c1ccc2ccc(C)nc2c1O. The number of aromatic hydroxyl groups is 1. The number of nitrogens with zero attached hydrogens (tertiary/aromatic N) is 1. The Morgan fingerprint density at radius 1 is 1.00 bits per heavy atom. The van der Waals surface area contributed by atoms with Gasteiger partial charge in [-0.15, -0.1) is 0 Å². The van der Waals surface area contributed by atoms with Crippen LogP contribution < -0.4 is 0 Å². The first kappa shape index (κ1) is 17.5. The lowest BCUT2D eigenvalue weighted by Gasteiger charge is -2.07. The Bertz CT molecular complexity index is 664. The van der Waals surface area contributed by atoms with Gasteiger partial charge in [0.2, 0.25) is 0 Å². The molecule has 0 aliphatic heterocycles. The fourth-order valence-corrected chi connectivity index (χ4v) is 2.87. The van der Waals surface area contributed by atoms with Crippen LogP contribution in [0.25, 0.3) is 10.9 Å². The van der Waals surface area contributed by atoms with Crippen molar-refractivity contribution in [3.63, 3.8) is 0 Å². The van der Waals surface area contributed by atoms with Gasteiger partial charge in [0.1, 0.15) is 5.52 Å². The molecule has 3 nitrogen and oxygen atoms in total. The summed E-state index contributed by atoms with van der Waals surface area (Å²) in [5, 5.41) is 11.2. The van der Waals surface area contributed by atoms with Gasteiger partial charge < -0.3 is 5.11 Å². The van der Waals surface area contributed by atoms with Gasteiger partial charge in [-0.25, -0.2) is 4.98 Å². The highest BCUT2D eigenvalue weighted by Crippen LogP contribution is 2.28. The molecule has 0 fully saturated rings. The molecular weight excluding hydrogens is 286 g/mol. The van der Waals surface area contributed by atoms with Crippen molar-refractivity contribution in [2.75, 3.05) is 0 Å². The van der Waals surface area contributed by atoms with Gasteiger partial charge in [-0.3, -0.25) is 4.79 Å². The molecule has 0 spiro atoms. The van der Waals surface area contributed by atoms with Crippen LogP contribution in [0.3, 0.4) is 0 Å². The average Bonchev–Trinajstić information content (AvgIpc) is 2.54. The molecule has 23 heavy (non-hydrogen) atoms. The number of carbonyl (C=O) groups is 1. The number of rotatable bonds is 9. The summed E-state index contributed by atoms with van der Waals surface area (Å²) in [5.74, 6) is 0.0420. The monoisotopic (exact) mass is 313 g/mol. The van der Waals surface area contributed by atoms with Gasteiger partial charge in [0.05, 0.1) is 5.56 Å². The first-order valence-corrected chi connectivity index (χ1v) is 8.76. The smallest absolute Gasteiger partial charge is 0.166 e. The average molecular weight is 313 g/mol. The third kappa shape index (κ3) is 4.78. The van der Waals surface area contributed by atoms with Crippen molar-refractivity contribution >= 4 is 16.7 Å². The van der Waals surface area contributed by atoms with Gasteiger partial charge in [0.25, 0.3) is 0 Å². The predicted octanol–water partition coefficient (Wildman–Crippen LogP) is 5.57. The standard InChI is InChI=1S/C20H27NO2/c1-3-4-5-6-7-8-9-10-18(22)17-14-13-16-12-11-15(2)21-19(16)20(17)23/h11-14,23H,3-10H2,1-2H3. The molecule has 1 heterocycles. The molecule has 0 radical (unpaired) electrons. The lowest BCUT2D eigenvalue weighted by molar-refractivity contribution is 0.0976. The Morgan fingerprint density at radius 3 is 2.39 bits per heavy atom. The van der Waals surface area contributed by atoms with E-state index in [2.05, 4.69) is 11.9 Å². The van der Waals surface area contributed by atoms with Crippen molar-refractivity contribution in [2.45, 2.75) is 65.2 Å². The minimum Gasteiger partial charge on any atom is -0.505 e. The van der Waals surface area contributed by atoms with E-state index in [4.69, 9.17) is 0 Å². The summed E-state index contributed by atoms with van der Waals surface area (Å²) < 4.78 is 0. The fraction of sp³-hybridized carbons (Fsp3) is 0.500. The summed E-state index contributed by atoms with van der Waals surface area (Å²) in [6.07, 6.45) is 8.78. The number of phenolic OH excluding ortho intramolecular Hbond substituents is 1. The minimum absolute atomic E-state index is 0.0151. The molecular formula is C20H27NO2. The van der Waals surface area contributed by atoms with Crippen LogP contribution in [0.1, 0.15) is 74.3 Å². The quantitative estimate of drug-likeness (QED) is 0.486. The van der Waals surface area contributed by atoms with Crippen molar-refractivity contribution in [2.24, 2.45) is 0 Å². The number of ketones is 1. The summed E-state index contributed by atoms with van der Waals surface area (Å²) in [4.78, 5) is 16.7. The molecule has 1 aromatic heterocycles. The number of aromatic nitrogens is 1. The maximum atomic E-state index is 12.3. The van der Waals surface area contributed by atoms with Crippen molar-refractivity contribution in [3.05, 3.63) is 35.5 Å². The van der Waals surface area contributed by atoms with Crippen LogP contribution >= 0.6 is 0 Å². The second kappa shape index (κ2) is 8.66. The highest BCUT2D eigenvalue weighted by molar-refractivity contribution is 6.03. The van der Waals surface area contributed by atoms with E-state index in [1.54, 1.807) is 6.07 Å². The fourth-order valence-electron chi connectivity index (χ4n) is 2.87. The number of fused-ring (bicyclic) bond motifs is 1. The highest BCUT2D eigenvalue weighted by atomic mass is 16.3. The summed E-state index contributed by atoms with van der Waals surface area (Å²) in [7, 11) is 0. The number of hydrogen-bond donors (Lipinski definition) is 1. The van der Waals surface area contributed by atoms with E-state index in [1.165, 1.54) is 32.1 Å². The Hall–Kier alpha value is -1.90. The third-order valence-electron chi connectivity index (χ3n) is 4.28. The minimum atomic E-state index is 0.0151. The zero-order valence-electron chi connectivity index (χ0n) is 14.3. The number of carbonyl (C=O) groups excluding carboxylic acids is 1. The molecule has 0 bridgehead atoms. The second-order valence-corrected chi connectivity index (χ2v) is 6.28. The van der Waals surface area contributed by atoms with E-state index in [-0.39, 0.29) is 11.5 Å². The Morgan fingerprint density at radius 2 is 1.65 bits per heavy atom. The first-order valence-electron chi connectivity index (χ1n) is 8.76.